The Morgan fingerprint density at radius 1 is 1.26 bits per heavy atom. The van der Waals surface area contributed by atoms with Crippen LogP contribution in [0.25, 0.3) is 0 Å². The van der Waals surface area contributed by atoms with Crippen molar-refractivity contribution in [3.63, 3.8) is 0 Å². The molecule has 3 aliphatic rings. The molecule has 1 aliphatic heterocycles. The standard InChI is InChI=1S/C14H18F2N2O/c15-14(16)8-13(14)5-6-18(9-13)7-12-17-10-3-1-2-4-11(10)19-12/h1-9H2. The Labute approximate surface area is 111 Å². The number of hydrogen-bond donors (Lipinski definition) is 0. The second kappa shape index (κ2) is 3.78. The number of rotatable bonds is 2. The lowest BCUT2D eigenvalue weighted by atomic mass is 10.0. The molecule has 0 N–H and O–H groups in total. The van der Waals surface area contributed by atoms with E-state index in [0.29, 0.717) is 25.4 Å². The van der Waals surface area contributed by atoms with E-state index >= 15 is 0 Å². The Hall–Kier alpha value is -0.970. The summed E-state index contributed by atoms with van der Waals surface area (Å²) in [6.45, 7) is 1.82. The van der Waals surface area contributed by atoms with Crippen molar-refractivity contribution in [2.45, 2.75) is 51.0 Å². The molecule has 1 saturated carbocycles. The van der Waals surface area contributed by atoms with E-state index in [1.54, 1.807) is 0 Å². The molecule has 104 valence electrons. The summed E-state index contributed by atoms with van der Waals surface area (Å²) in [7, 11) is 0. The number of hydrogen-bond acceptors (Lipinski definition) is 3. The number of nitrogens with zero attached hydrogens (tertiary/aromatic N) is 2. The van der Waals surface area contributed by atoms with Crippen molar-refractivity contribution < 1.29 is 13.2 Å². The Kier molecular flexibility index (Phi) is 2.35. The fraction of sp³-hybridized carbons (Fsp3) is 0.786. The first-order valence-corrected chi connectivity index (χ1v) is 7.16. The molecular formula is C14H18F2N2O. The number of halogens is 2. The van der Waals surface area contributed by atoms with Crippen molar-refractivity contribution in [1.82, 2.24) is 9.88 Å². The predicted molar refractivity (Wildman–Crippen MR) is 65.0 cm³/mol. The first-order chi connectivity index (χ1) is 9.08. The van der Waals surface area contributed by atoms with Crippen LogP contribution >= 0.6 is 0 Å². The first kappa shape index (κ1) is 11.8. The molecule has 1 atom stereocenters. The quantitative estimate of drug-likeness (QED) is 0.826. The van der Waals surface area contributed by atoms with Crippen LogP contribution in [0.2, 0.25) is 0 Å². The van der Waals surface area contributed by atoms with E-state index in [9.17, 15) is 8.78 Å². The highest BCUT2D eigenvalue weighted by Gasteiger charge is 2.72. The molecule has 0 aromatic carbocycles. The summed E-state index contributed by atoms with van der Waals surface area (Å²) < 4.78 is 32.4. The van der Waals surface area contributed by atoms with E-state index in [1.807, 2.05) is 0 Å². The van der Waals surface area contributed by atoms with Gasteiger partial charge in [0.05, 0.1) is 17.7 Å². The van der Waals surface area contributed by atoms with Gasteiger partial charge >= 0.3 is 0 Å². The summed E-state index contributed by atoms with van der Waals surface area (Å²) in [6.07, 6.45) is 5.00. The summed E-state index contributed by atoms with van der Waals surface area (Å²) >= 11 is 0. The zero-order chi connectivity index (χ0) is 13.1. The third-order valence-corrected chi connectivity index (χ3v) is 4.89. The molecule has 2 aliphatic carbocycles. The minimum atomic E-state index is -2.43. The van der Waals surface area contributed by atoms with Crippen LogP contribution in [0, 0.1) is 5.41 Å². The molecule has 0 bridgehead atoms. The Morgan fingerprint density at radius 3 is 2.74 bits per heavy atom. The Balaban J connectivity index is 1.44. The minimum Gasteiger partial charge on any atom is -0.444 e. The van der Waals surface area contributed by atoms with Crippen molar-refractivity contribution >= 4 is 0 Å². The molecule has 1 saturated heterocycles. The summed E-state index contributed by atoms with van der Waals surface area (Å²) in [4.78, 5) is 6.59. The zero-order valence-electron chi connectivity index (χ0n) is 10.9. The van der Waals surface area contributed by atoms with Crippen molar-refractivity contribution in [1.29, 1.82) is 0 Å². The van der Waals surface area contributed by atoms with Gasteiger partial charge in [-0.15, -0.1) is 0 Å². The van der Waals surface area contributed by atoms with Crippen molar-refractivity contribution in [2.24, 2.45) is 5.41 Å². The maximum absolute atomic E-state index is 13.3. The lowest BCUT2D eigenvalue weighted by Crippen LogP contribution is -2.22. The molecule has 1 aromatic heterocycles. The maximum Gasteiger partial charge on any atom is 0.255 e. The van der Waals surface area contributed by atoms with Gasteiger partial charge < -0.3 is 4.42 Å². The summed E-state index contributed by atoms with van der Waals surface area (Å²) in [5.74, 6) is -0.697. The van der Waals surface area contributed by atoms with Gasteiger partial charge in [-0.1, -0.05) is 0 Å². The van der Waals surface area contributed by atoms with Gasteiger partial charge in [0.15, 0.2) is 0 Å². The van der Waals surface area contributed by atoms with Gasteiger partial charge in [0.2, 0.25) is 5.89 Å². The van der Waals surface area contributed by atoms with Crippen molar-refractivity contribution in [3.8, 4) is 0 Å². The normalized spacial score (nSPS) is 32.7. The molecule has 19 heavy (non-hydrogen) atoms. The second-order valence-electron chi connectivity index (χ2n) is 6.31. The van der Waals surface area contributed by atoms with Crippen LogP contribution < -0.4 is 0 Å². The average Bonchev–Trinajstić information content (AvgIpc) is 2.75. The van der Waals surface area contributed by atoms with Gasteiger partial charge in [0.1, 0.15) is 5.76 Å². The lowest BCUT2D eigenvalue weighted by molar-refractivity contribution is 0.0655. The molecule has 2 heterocycles. The van der Waals surface area contributed by atoms with Gasteiger partial charge in [-0.25, -0.2) is 13.8 Å². The summed E-state index contributed by atoms with van der Waals surface area (Å²) in [5.41, 5.74) is 0.367. The monoisotopic (exact) mass is 268 g/mol. The molecule has 5 heteroatoms. The van der Waals surface area contributed by atoms with Gasteiger partial charge in [-0.05, 0) is 32.2 Å². The van der Waals surface area contributed by atoms with Crippen LogP contribution in [0.5, 0.6) is 0 Å². The topological polar surface area (TPSA) is 29.3 Å². The van der Waals surface area contributed by atoms with E-state index < -0.39 is 11.3 Å². The number of aryl methyl sites for hydroxylation is 2. The Morgan fingerprint density at radius 2 is 2.05 bits per heavy atom. The molecule has 1 unspecified atom stereocenters. The molecule has 3 nitrogen and oxygen atoms in total. The van der Waals surface area contributed by atoms with Crippen LogP contribution in [-0.4, -0.2) is 28.9 Å². The molecule has 4 rings (SSSR count). The SMILES string of the molecule is FC1(F)CC12CCN(Cc1nc3c(o1)CCCC3)C2. The van der Waals surface area contributed by atoms with E-state index in [-0.39, 0.29) is 6.42 Å². The minimum absolute atomic E-state index is 0.0680. The highest BCUT2D eigenvalue weighted by molar-refractivity contribution is 5.16. The molecule has 0 amide bonds. The van der Waals surface area contributed by atoms with E-state index in [1.165, 1.54) is 12.8 Å². The van der Waals surface area contributed by atoms with Gasteiger partial charge in [-0.3, -0.25) is 4.90 Å². The van der Waals surface area contributed by atoms with Crippen LogP contribution in [0.4, 0.5) is 8.78 Å². The van der Waals surface area contributed by atoms with Crippen LogP contribution in [0.3, 0.4) is 0 Å². The first-order valence-electron chi connectivity index (χ1n) is 7.16. The predicted octanol–water partition coefficient (Wildman–Crippen LogP) is 2.78. The van der Waals surface area contributed by atoms with E-state index in [4.69, 9.17) is 4.42 Å². The maximum atomic E-state index is 13.3. The third-order valence-electron chi connectivity index (χ3n) is 4.89. The van der Waals surface area contributed by atoms with E-state index in [2.05, 4.69) is 9.88 Å². The smallest absolute Gasteiger partial charge is 0.255 e. The third kappa shape index (κ3) is 1.82. The van der Waals surface area contributed by atoms with Crippen LogP contribution in [0.1, 0.15) is 43.0 Å². The van der Waals surface area contributed by atoms with Gasteiger partial charge in [0.25, 0.3) is 5.92 Å². The Bertz CT molecular complexity index is 490. The number of oxazole rings is 1. The van der Waals surface area contributed by atoms with Gasteiger partial charge in [-0.2, -0.15) is 0 Å². The number of alkyl halides is 2. The second-order valence-corrected chi connectivity index (χ2v) is 6.31. The fourth-order valence-electron chi connectivity index (χ4n) is 3.58. The molecule has 0 radical (unpaired) electrons. The average molecular weight is 268 g/mol. The molecule has 2 fully saturated rings. The van der Waals surface area contributed by atoms with Crippen molar-refractivity contribution in [3.05, 3.63) is 17.3 Å². The van der Waals surface area contributed by atoms with E-state index in [0.717, 1.165) is 30.8 Å². The summed E-state index contributed by atoms with van der Waals surface area (Å²) in [5, 5.41) is 0. The number of fused-ring (bicyclic) bond motifs is 1. The van der Waals surface area contributed by atoms with Gasteiger partial charge in [0, 0.05) is 19.4 Å². The van der Waals surface area contributed by atoms with Crippen LogP contribution in [-0.2, 0) is 19.4 Å². The van der Waals surface area contributed by atoms with Crippen molar-refractivity contribution in [2.75, 3.05) is 13.1 Å². The highest BCUT2D eigenvalue weighted by Crippen LogP contribution is 2.65. The molecule has 1 aromatic rings. The largest absolute Gasteiger partial charge is 0.444 e. The lowest BCUT2D eigenvalue weighted by Gasteiger charge is -2.13. The number of aromatic nitrogens is 1. The fourth-order valence-corrected chi connectivity index (χ4v) is 3.58. The molecule has 1 spiro atoms. The highest BCUT2D eigenvalue weighted by atomic mass is 19.3. The summed E-state index contributed by atoms with van der Waals surface area (Å²) in [6, 6.07) is 0. The van der Waals surface area contributed by atoms with Crippen LogP contribution in [0.15, 0.2) is 4.42 Å². The number of likely N-dealkylation sites (tertiary alicyclic amines) is 1. The zero-order valence-corrected chi connectivity index (χ0v) is 10.9. The molecular weight excluding hydrogens is 250 g/mol.